The Morgan fingerprint density at radius 3 is 2.52 bits per heavy atom. The normalized spacial score (nSPS) is 12.9. The van der Waals surface area contributed by atoms with E-state index < -0.39 is 10.0 Å². The molecule has 0 bridgehead atoms. The highest BCUT2D eigenvalue weighted by Crippen LogP contribution is 2.14. The van der Waals surface area contributed by atoms with Crippen molar-refractivity contribution < 1.29 is 8.42 Å². The zero-order valence-electron chi connectivity index (χ0n) is 19.2. The summed E-state index contributed by atoms with van der Waals surface area (Å²) in [5, 5.41) is 11.2. The quantitative estimate of drug-likeness (QED) is 0.248. The summed E-state index contributed by atoms with van der Waals surface area (Å²) in [6.07, 6.45) is 0.854. The zero-order valence-corrected chi connectivity index (χ0v) is 22.3. The summed E-state index contributed by atoms with van der Waals surface area (Å²) in [6, 6.07) is 7.69. The number of nitrogens with one attached hydrogen (secondary N) is 3. The number of guanidine groups is 1. The molecule has 0 fully saturated rings. The number of rotatable bonds is 9. The molecule has 2 rings (SSSR count). The lowest BCUT2D eigenvalue weighted by Crippen LogP contribution is -2.43. The van der Waals surface area contributed by atoms with Gasteiger partial charge in [0, 0.05) is 25.3 Å². The molecule has 1 aromatic heterocycles. The number of hydrogen-bond acceptors (Lipinski definition) is 4. The zero-order chi connectivity index (χ0) is 22.3. The van der Waals surface area contributed by atoms with E-state index in [9.17, 15) is 8.42 Å². The maximum absolute atomic E-state index is 11.8. The van der Waals surface area contributed by atoms with Crippen molar-refractivity contribution in [2.24, 2.45) is 12.0 Å². The molecule has 0 saturated heterocycles. The number of nitrogens with zero attached hydrogens (tertiary/aromatic N) is 3. The lowest BCUT2D eigenvalue weighted by molar-refractivity contribution is 0.587. The van der Waals surface area contributed by atoms with Crippen LogP contribution < -0.4 is 15.4 Å². The van der Waals surface area contributed by atoms with Crippen LogP contribution in [-0.2, 0) is 35.8 Å². The Balaban J connectivity index is 0.00000480. The lowest BCUT2D eigenvalue weighted by atomic mass is 10.1. The fourth-order valence-corrected chi connectivity index (χ4v) is 4.07. The predicted molar refractivity (Wildman–Crippen MR) is 137 cm³/mol. The molecule has 0 amide bonds. The van der Waals surface area contributed by atoms with Crippen LogP contribution in [-0.4, -0.2) is 43.8 Å². The number of aliphatic imine (C=N–C) groups is 1. The first kappa shape index (κ1) is 27.4. The van der Waals surface area contributed by atoms with Crippen LogP contribution in [0.1, 0.15) is 41.9 Å². The Kier molecular flexibility index (Phi) is 10.9. The monoisotopic (exact) mass is 562 g/mol. The topological polar surface area (TPSA) is 100 Å². The van der Waals surface area contributed by atoms with E-state index in [1.165, 1.54) is 18.3 Å². The van der Waals surface area contributed by atoms with Gasteiger partial charge in [-0.2, -0.15) is 5.10 Å². The third-order valence-corrected chi connectivity index (χ3v) is 6.31. The first-order chi connectivity index (χ1) is 14.1. The molecule has 0 saturated carbocycles. The van der Waals surface area contributed by atoms with Gasteiger partial charge in [-0.1, -0.05) is 24.3 Å². The second kappa shape index (κ2) is 12.4. The Hall–Kier alpha value is -1.66. The SMILES string of the molecule is CCNC(=NCc1cccc(CS(=O)(=O)NC)c1)NC(C)Cc1c(C)nn(C)c1C.I. The number of aromatic nitrogens is 2. The molecule has 0 aliphatic heterocycles. The summed E-state index contributed by atoms with van der Waals surface area (Å²) in [7, 11) is 0.0902. The fourth-order valence-electron chi connectivity index (χ4n) is 3.30. The number of sulfonamides is 1. The Bertz CT molecular complexity index is 988. The first-order valence-electron chi connectivity index (χ1n) is 10.2. The van der Waals surface area contributed by atoms with Gasteiger partial charge in [-0.25, -0.2) is 18.1 Å². The molecule has 174 valence electrons. The van der Waals surface area contributed by atoms with E-state index >= 15 is 0 Å². The van der Waals surface area contributed by atoms with E-state index in [-0.39, 0.29) is 35.8 Å². The van der Waals surface area contributed by atoms with Crippen LogP contribution in [0.5, 0.6) is 0 Å². The smallest absolute Gasteiger partial charge is 0.215 e. The third kappa shape index (κ3) is 8.41. The highest BCUT2D eigenvalue weighted by atomic mass is 127. The van der Waals surface area contributed by atoms with E-state index in [0.717, 1.165) is 35.7 Å². The lowest BCUT2D eigenvalue weighted by Gasteiger charge is -2.18. The van der Waals surface area contributed by atoms with Crippen LogP contribution in [0.25, 0.3) is 0 Å². The highest BCUT2D eigenvalue weighted by molar-refractivity contribution is 14.0. The summed E-state index contributed by atoms with van der Waals surface area (Å²) in [5.74, 6) is 0.692. The molecule has 1 atom stereocenters. The van der Waals surface area contributed by atoms with Crippen LogP contribution >= 0.6 is 24.0 Å². The summed E-state index contributed by atoms with van der Waals surface area (Å²) in [6.45, 7) is 9.49. The molecule has 31 heavy (non-hydrogen) atoms. The van der Waals surface area contributed by atoms with Gasteiger partial charge in [0.05, 0.1) is 18.0 Å². The fraction of sp³-hybridized carbons (Fsp3) is 0.524. The van der Waals surface area contributed by atoms with Gasteiger partial charge in [0.15, 0.2) is 5.96 Å². The molecule has 2 aromatic rings. The van der Waals surface area contributed by atoms with Crippen molar-refractivity contribution in [2.75, 3.05) is 13.6 Å². The molecule has 1 heterocycles. The van der Waals surface area contributed by atoms with E-state index in [1.54, 1.807) is 0 Å². The van der Waals surface area contributed by atoms with Gasteiger partial charge in [0.2, 0.25) is 10.0 Å². The van der Waals surface area contributed by atoms with Gasteiger partial charge < -0.3 is 10.6 Å². The van der Waals surface area contributed by atoms with E-state index in [4.69, 9.17) is 0 Å². The molecular weight excluding hydrogens is 527 g/mol. The van der Waals surface area contributed by atoms with E-state index in [2.05, 4.69) is 39.3 Å². The van der Waals surface area contributed by atoms with Crippen molar-refractivity contribution in [3.63, 3.8) is 0 Å². The summed E-state index contributed by atoms with van der Waals surface area (Å²) in [4.78, 5) is 4.68. The van der Waals surface area contributed by atoms with Crippen LogP contribution in [0.2, 0.25) is 0 Å². The number of hydrogen-bond donors (Lipinski definition) is 3. The molecule has 0 spiro atoms. The van der Waals surface area contributed by atoms with Gasteiger partial charge >= 0.3 is 0 Å². The minimum absolute atomic E-state index is 0. The van der Waals surface area contributed by atoms with E-state index in [0.29, 0.717) is 6.54 Å². The Morgan fingerprint density at radius 2 is 1.94 bits per heavy atom. The molecule has 0 aliphatic carbocycles. The van der Waals surface area contributed by atoms with Crippen molar-refractivity contribution >= 4 is 40.0 Å². The molecule has 8 nitrogen and oxygen atoms in total. The summed E-state index contributed by atoms with van der Waals surface area (Å²) >= 11 is 0. The van der Waals surface area contributed by atoms with Crippen LogP contribution in [0.3, 0.4) is 0 Å². The molecule has 1 unspecified atom stereocenters. The van der Waals surface area contributed by atoms with Gasteiger partial charge in [-0.15, -0.1) is 24.0 Å². The van der Waals surface area contributed by atoms with Crippen molar-refractivity contribution in [3.8, 4) is 0 Å². The highest BCUT2D eigenvalue weighted by Gasteiger charge is 2.14. The first-order valence-corrected chi connectivity index (χ1v) is 11.8. The van der Waals surface area contributed by atoms with E-state index in [1.807, 2.05) is 49.8 Å². The Morgan fingerprint density at radius 1 is 1.26 bits per heavy atom. The Labute approximate surface area is 203 Å². The number of halogens is 1. The second-order valence-corrected chi connectivity index (χ2v) is 9.43. The number of benzene rings is 1. The minimum atomic E-state index is -3.30. The standard InChI is InChI=1S/C21H34N6O2S.HI/c1-7-23-21(25-15(2)11-20-16(3)26-27(6)17(20)4)24-13-18-9-8-10-19(12-18)14-30(28,29)22-5;/h8-10,12,15,22H,7,11,13-14H2,1-6H3,(H2,23,24,25);1H. The molecule has 0 aliphatic rings. The maximum atomic E-state index is 11.8. The largest absolute Gasteiger partial charge is 0.357 e. The van der Waals surface area contributed by atoms with Crippen LogP contribution in [0.15, 0.2) is 29.3 Å². The third-order valence-electron chi connectivity index (χ3n) is 4.98. The van der Waals surface area contributed by atoms with Gasteiger partial charge in [0.1, 0.15) is 0 Å². The van der Waals surface area contributed by atoms with Gasteiger partial charge in [-0.3, -0.25) is 4.68 Å². The number of aryl methyl sites for hydroxylation is 2. The summed E-state index contributed by atoms with van der Waals surface area (Å²) < 4.78 is 27.8. The van der Waals surface area contributed by atoms with Crippen molar-refractivity contribution in [1.29, 1.82) is 0 Å². The second-order valence-electron chi connectivity index (χ2n) is 7.50. The van der Waals surface area contributed by atoms with Crippen molar-refractivity contribution in [1.82, 2.24) is 25.1 Å². The van der Waals surface area contributed by atoms with Crippen LogP contribution in [0, 0.1) is 13.8 Å². The average Bonchev–Trinajstić information content (AvgIpc) is 2.92. The predicted octanol–water partition coefficient (Wildman–Crippen LogP) is 2.39. The average molecular weight is 563 g/mol. The van der Waals surface area contributed by atoms with Gasteiger partial charge in [-0.05, 0) is 57.9 Å². The molecule has 3 N–H and O–H groups in total. The molecule has 10 heteroatoms. The maximum Gasteiger partial charge on any atom is 0.215 e. The molecule has 1 aromatic carbocycles. The molecule has 0 radical (unpaired) electrons. The van der Waals surface area contributed by atoms with Gasteiger partial charge in [0.25, 0.3) is 0 Å². The van der Waals surface area contributed by atoms with Crippen molar-refractivity contribution in [2.45, 2.75) is 52.5 Å². The summed E-state index contributed by atoms with van der Waals surface area (Å²) in [5.41, 5.74) is 5.19. The van der Waals surface area contributed by atoms with Crippen LogP contribution in [0.4, 0.5) is 0 Å². The minimum Gasteiger partial charge on any atom is -0.357 e. The van der Waals surface area contributed by atoms with Crippen molar-refractivity contribution in [3.05, 3.63) is 52.3 Å². The molecular formula is C21H35IN6O2S.